The number of nitro groups is 1. The quantitative estimate of drug-likeness (QED) is 0.194. The predicted octanol–water partition coefficient (Wildman–Crippen LogP) is 6.87. The maximum Gasteiger partial charge on any atom is 0.412 e. The summed E-state index contributed by atoms with van der Waals surface area (Å²) in [5, 5.41) is 20.9. The molecular formula is C27H32ClN7O5. The molecule has 1 amide bonds. The highest BCUT2D eigenvalue weighted by Crippen LogP contribution is 2.35. The van der Waals surface area contributed by atoms with E-state index in [4.69, 9.17) is 21.1 Å². The van der Waals surface area contributed by atoms with Crippen molar-refractivity contribution in [1.29, 1.82) is 0 Å². The van der Waals surface area contributed by atoms with Crippen molar-refractivity contribution in [2.75, 3.05) is 41.0 Å². The van der Waals surface area contributed by atoms with Crippen LogP contribution in [0.1, 0.15) is 40.0 Å². The van der Waals surface area contributed by atoms with Gasteiger partial charge >= 0.3 is 6.09 Å². The molecule has 2 aromatic carbocycles. The molecule has 1 aliphatic heterocycles. The van der Waals surface area contributed by atoms with Crippen molar-refractivity contribution in [1.82, 2.24) is 9.97 Å². The van der Waals surface area contributed by atoms with Gasteiger partial charge in [0, 0.05) is 30.5 Å². The number of nitrogens with one attached hydrogen (secondary N) is 3. The Kier molecular flexibility index (Phi) is 8.78. The summed E-state index contributed by atoms with van der Waals surface area (Å²) in [6, 6.07) is 9.97. The van der Waals surface area contributed by atoms with Gasteiger partial charge in [-0.25, -0.2) is 9.78 Å². The van der Waals surface area contributed by atoms with Gasteiger partial charge in [0.2, 0.25) is 5.95 Å². The molecule has 0 atom stereocenters. The lowest BCUT2D eigenvalue weighted by atomic mass is 10.1. The summed E-state index contributed by atoms with van der Waals surface area (Å²) in [7, 11) is 1.51. The number of anilines is 6. The summed E-state index contributed by atoms with van der Waals surface area (Å²) in [4.78, 5) is 34.4. The van der Waals surface area contributed by atoms with E-state index in [-0.39, 0.29) is 27.4 Å². The van der Waals surface area contributed by atoms with Crippen LogP contribution >= 0.6 is 11.6 Å². The van der Waals surface area contributed by atoms with Gasteiger partial charge in [-0.2, -0.15) is 4.98 Å². The maximum atomic E-state index is 12.2. The summed E-state index contributed by atoms with van der Waals surface area (Å²) in [5.74, 6) is 0.906. The third-order valence-corrected chi connectivity index (χ3v) is 6.24. The minimum absolute atomic E-state index is 0.0123. The van der Waals surface area contributed by atoms with Crippen molar-refractivity contribution >= 4 is 57.9 Å². The molecule has 2 heterocycles. The minimum atomic E-state index is -0.649. The number of hydrogen-bond donors (Lipinski definition) is 3. The maximum absolute atomic E-state index is 12.2. The highest BCUT2D eigenvalue weighted by molar-refractivity contribution is 6.33. The van der Waals surface area contributed by atoms with Crippen LogP contribution < -0.4 is 25.6 Å². The highest BCUT2D eigenvalue weighted by Gasteiger charge is 2.22. The number of carbonyl (C=O) groups is 1. The molecule has 212 valence electrons. The van der Waals surface area contributed by atoms with Gasteiger partial charge in [-0.05, 0) is 70.4 Å². The van der Waals surface area contributed by atoms with E-state index in [9.17, 15) is 14.9 Å². The molecule has 1 fully saturated rings. The number of nitrogens with zero attached hydrogens (tertiary/aromatic N) is 4. The van der Waals surface area contributed by atoms with E-state index >= 15 is 0 Å². The molecular weight excluding hydrogens is 538 g/mol. The number of methoxy groups -OCH3 is 1. The Labute approximate surface area is 237 Å². The van der Waals surface area contributed by atoms with Crippen LogP contribution in [0.15, 0.2) is 42.6 Å². The molecule has 0 bridgehead atoms. The van der Waals surface area contributed by atoms with Crippen molar-refractivity contribution in [2.24, 2.45) is 0 Å². The summed E-state index contributed by atoms with van der Waals surface area (Å²) >= 11 is 6.37. The van der Waals surface area contributed by atoms with Crippen LogP contribution in [-0.4, -0.2) is 46.8 Å². The molecule has 1 aliphatic rings. The zero-order valence-corrected chi connectivity index (χ0v) is 23.5. The van der Waals surface area contributed by atoms with Crippen molar-refractivity contribution in [2.45, 2.75) is 45.6 Å². The molecule has 0 radical (unpaired) electrons. The van der Waals surface area contributed by atoms with Crippen LogP contribution in [0.3, 0.4) is 0 Å². The molecule has 4 rings (SSSR count). The number of benzene rings is 2. The second-order valence-electron chi connectivity index (χ2n) is 10.2. The molecule has 12 nitrogen and oxygen atoms in total. The Hall–Kier alpha value is -4.32. The van der Waals surface area contributed by atoms with E-state index in [0.29, 0.717) is 28.5 Å². The molecule has 0 aliphatic carbocycles. The normalized spacial score (nSPS) is 13.4. The predicted molar refractivity (Wildman–Crippen MR) is 156 cm³/mol. The second kappa shape index (κ2) is 12.2. The summed E-state index contributed by atoms with van der Waals surface area (Å²) in [6.45, 7) is 6.91. The lowest BCUT2D eigenvalue weighted by Gasteiger charge is -2.28. The first-order valence-corrected chi connectivity index (χ1v) is 13.2. The Bertz CT molecular complexity index is 1390. The Balaban J connectivity index is 1.55. The fourth-order valence-corrected chi connectivity index (χ4v) is 4.36. The van der Waals surface area contributed by atoms with E-state index in [1.807, 2.05) is 4.90 Å². The van der Waals surface area contributed by atoms with Crippen LogP contribution in [0.5, 0.6) is 5.75 Å². The van der Waals surface area contributed by atoms with Crippen molar-refractivity contribution in [3.8, 4) is 5.75 Å². The molecule has 1 saturated heterocycles. The first-order chi connectivity index (χ1) is 19.0. The smallest absolute Gasteiger partial charge is 0.412 e. The third-order valence-electron chi connectivity index (χ3n) is 5.97. The largest absolute Gasteiger partial charge is 0.495 e. The number of nitro benzene ring substituents is 1. The number of hydrogen-bond acceptors (Lipinski definition) is 10. The lowest BCUT2D eigenvalue weighted by molar-refractivity contribution is -0.384. The van der Waals surface area contributed by atoms with Gasteiger partial charge < -0.3 is 25.0 Å². The van der Waals surface area contributed by atoms with Gasteiger partial charge in [0.1, 0.15) is 22.1 Å². The van der Waals surface area contributed by atoms with Crippen molar-refractivity contribution in [3.63, 3.8) is 0 Å². The zero-order chi connectivity index (χ0) is 28.9. The van der Waals surface area contributed by atoms with Gasteiger partial charge in [-0.3, -0.25) is 15.4 Å². The van der Waals surface area contributed by atoms with Gasteiger partial charge in [-0.1, -0.05) is 11.6 Å². The molecule has 1 aromatic heterocycles. The highest BCUT2D eigenvalue weighted by atomic mass is 35.5. The monoisotopic (exact) mass is 569 g/mol. The van der Waals surface area contributed by atoms with Crippen molar-refractivity contribution in [3.05, 3.63) is 57.7 Å². The average molecular weight is 570 g/mol. The number of amides is 1. The van der Waals surface area contributed by atoms with Crippen LogP contribution in [0, 0.1) is 10.1 Å². The number of piperidine rings is 1. The first-order valence-electron chi connectivity index (χ1n) is 12.8. The molecule has 40 heavy (non-hydrogen) atoms. The topological polar surface area (TPSA) is 144 Å². The van der Waals surface area contributed by atoms with E-state index < -0.39 is 11.7 Å². The third kappa shape index (κ3) is 7.41. The number of carbonyl (C=O) groups excluding carboxylic acids is 1. The summed E-state index contributed by atoms with van der Waals surface area (Å²) in [6.07, 6.45) is 3.96. The van der Waals surface area contributed by atoms with Crippen LogP contribution in [0.4, 0.5) is 45.0 Å². The fraction of sp³-hybridized carbons (Fsp3) is 0.370. The first kappa shape index (κ1) is 28.7. The van der Waals surface area contributed by atoms with Crippen molar-refractivity contribution < 1.29 is 19.2 Å². The second-order valence-corrected chi connectivity index (χ2v) is 10.6. The molecule has 13 heteroatoms. The fourth-order valence-electron chi connectivity index (χ4n) is 4.23. The average Bonchev–Trinajstić information content (AvgIpc) is 2.90. The minimum Gasteiger partial charge on any atom is -0.495 e. The number of halogens is 1. The number of rotatable bonds is 8. The van der Waals surface area contributed by atoms with E-state index in [1.165, 1.54) is 19.4 Å². The Morgan fingerprint density at radius 2 is 1.80 bits per heavy atom. The van der Waals surface area contributed by atoms with Crippen LogP contribution in [0.25, 0.3) is 0 Å². The summed E-state index contributed by atoms with van der Waals surface area (Å²) in [5.41, 5.74) is 1.36. The molecule has 3 N–H and O–H groups in total. The zero-order valence-electron chi connectivity index (χ0n) is 22.8. The van der Waals surface area contributed by atoms with Gasteiger partial charge in [0.15, 0.2) is 5.82 Å². The summed E-state index contributed by atoms with van der Waals surface area (Å²) < 4.78 is 10.8. The Morgan fingerprint density at radius 1 is 1.07 bits per heavy atom. The SMILES string of the molecule is COc1ccc(NC(=O)OC(C)(C)C)cc1Nc1nc(Nc2ccc(N3CCCCC3)c([N+](=O)[O-])c2)ncc1Cl. The van der Waals surface area contributed by atoms with Crippen LogP contribution in [0.2, 0.25) is 5.02 Å². The molecule has 0 unspecified atom stereocenters. The molecule has 3 aromatic rings. The Morgan fingerprint density at radius 3 is 2.48 bits per heavy atom. The number of ether oxygens (including phenoxy) is 2. The van der Waals surface area contributed by atoms with Gasteiger partial charge in [0.25, 0.3) is 5.69 Å². The lowest BCUT2D eigenvalue weighted by Crippen LogP contribution is -2.29. The van der Waals surface area contributed by atoms with E-state index in [2.05, 4.69) is 25.9 Å². The number of aromatic nitrogens is 2. The van der Waals surface area contributed by atoms with Crippen LogP contribution in [-0.2, 0) is 4.74 Å². The van der Waals surface area contributed by atoms with Gasteiger partial charge in [0.05, 0.1) is 23.9 Å². The molecule has 0 spiro atoms. The van der Waals surface area contributed by atoms with Gasteiger partial charge in [-0.15, -0.1) is 0 Å². The standard InChI is InChI=1S/C27H32ClN7O5/c1-27(2,3)40-26(36)31-17-9-11-23(39-4)20(14-17)32-24-19(28)16-29-25(33-24)30-18-8-10-21(22(15-18)35(37)38)34-12-6-5-7-13-34/h8-11,14-16H,5-7,12-13H2,1-4H3,(H,31,36)(H2,29,30,32,33). The van der Waals surface area contributed by atoms with E-state index in [0.717, 1.165) is 32.4 Å². The molecule has 0 saturated carbocycles. The van der Waals surface area contributed by atoms with E-state index in [1.54, 1.807) is 51.1 Å².